The summed E-state index contributed by atoms with van der Waals surface area (Å²) < 4.78 is 11.0. The summed E-state index contributed by atoms with van der Waals surface area (Å²) in [6.07, 6.45) is 4.48. The zero-order valence-electron chi connectivity index (χ0n) is 11.9. The first-order chi connectivity index (χ1) is 9.31. The van der Waals surface area contributed by atoms with Crippen molar-refractivity contribution in [2.45, 2.75) is 25.9 Å². The van der Waals surface area contributed by atoms with Gasteiger partial charge in [0, 0.05) is 44.6 Å². The number of hydrogen-bond acceptors (Lipinski definition) is 4. The van der Waals surface area contributed by atoms with Gasteiger partial charge in [0.25, 0.3) is 0 Å². The van der Waals surface area contributed by atoms with Crippen molar-refractivity contribution in [3.05, 3.63) is 29.6 Å². The molecule has 0 aromatic carbocycles. The molecule has 1 aliphatic heterocycles. The first kappa shape index (κ1) is 14.4. The number of aryl methyl sites for hydroxylation is 1. The van der Waals surface area contributed by atoms with Gasteiger partial charge in [0.1, 0.15) is 0 Å². The highest BCUT2D eigenvalue weighted by Gasteiger charge is 2.27. The maximum absolute atomic E-state index is 5.96. The SMILES string of the molecule is COCCNCC1CCCOC1c1ccc(C)nc1. The van der Waals surface area contributed by atoms with Crippen molar-refractivity contribution < 1.29 is 9.47 Å². The molecular formula is C15H24N2O2. The molecule has 0 bridgehead atoms. The second-order valence-corrected chi connectivity index (χ2v) is 5.12. The Hall–Kier alpha value is -0.970. The lowest BCUT2D eigenvalue weighted by Crippen LogP contribution is -2.33. The highest BCUT2D eigenvalue weighted by molar-refractivity contribution is 5.17. The molecular weight excluding hydrogens is 240 g/mol. The van der Waals surface area contributed by atoms with E-state index in [1.54, 1.807) is 7.11 Å². The summed E-state index contributed by atoms with van der Waals surface area (Å²) in [5.41, 5.74) is 2.25. The Morgan fingerprint density at radius 2 is 2.37 bits per heavy atom. The van der Waals surface area contributed by atoms with E-state index in [2.05, 4.69) is 22.4 Å². The predicted octanol–water partition coefficient (Wildman–Crippen LogP) is 2.09. The monoisotopic (exact) mass is 264 g/mol. The molecule has 0 amide bonds. The third-order valence-corrected chi connectivity index (χ3v) is 3.60. The van der Waals surface area contributed by atoms with Crippen LogP contribution < -0.4 is 5.32 Å². The molecule has 4 heteroatoms. The van der Waals surface area contributed by atoms with Gasteiger partial charge in [0.2, 0.25) is 0 Å². The van der Waals surface area contributed by atoms with Gasteiger partial charge < -0.3 is 14.8 Å². The second kappa shape index (κ2) is 7.58. The van der Waals surface area contributed by atoms with Crippen LogP contribution in [0.2, 0.25) is 0 Å². The number of aromatic nitrogens is 1. The molecule has 2 atom stereocenters. The van der Waals surface area contributed by atoms with E-state index in [0.717, 1.165) is 38.4 Å². The summed E-state index contributed by atoms with van der Waals surface area (Å²) in [6, 6.07) is 4.20. The van der Waals surface area contributed by atoms with E-state index in [9.17, 15) is 0 Å². The van der Waals surface area contributed by atoms with Crippen molar-refractivity contribution >= 4 is 0 Å². The van der Waals surface area contributed by atoms with Crippen molar-refractivity contribution in [2.24, 2.45) is 5.92 Å². The maximum Gasteiger partial charge on any atom is 0.0880 e. The van der Waals surface area contributed by atoms with Gasteiger partial charge in [0.05, 0.1) is 12.7 Å². The Labute approximate surface area is 115 Å². The van der Waals surface area contributed by atoms with Crippen molar-refractivity contribution in [2.75, 3.05) is 33.4 Å². The number of ether oxygens (including phenoxy) is 2. The summed E-state index contributed by atoms with van der Waals surface area (Å²) in [5, 5.41) is 3.44. The van der Waals surface area contributed by atoms with Crippen LogP contribution in [0.3, 0.4) is 0 Å². The van der Waals surface area contributed by atoms with Crippen molar-refractivity contribution in [1.29, 1.82) is 0 Å². The predicted molar refractivity (Wildman–Crippen MR) is 75.1 cm³/mol. The Morgan fingerprint density at radius 3 is 3.11 bits per heavy atom. The minimum Gasteiger partial charge on any atom is -0.383 e. The standard InChI is InChI=1S/C15H24N2O2/c1-12-5-6-14(11-17-12)15-13(4-3-8-19-15)10-16-7-9-18-2/h5-6,11,13,15-16H,3-4,7-10H2,1-2H3. The molecule has 0 radical (unpaired) electrons. The lowest BCUT2D eigenvalue weighted by atomic mass is 9.90. The molecule has 1 aromatic heterocycles. The molecule has 1 aliphatic rings. The maximum atomic E-state index is 5.96. The summed E-state index contributed by atoms with van der Waals surface area (Å²) >= 11 is 0. The van der Waals surface area contributed by atoms with Crippen LogP contribution in [0.15, 0.2) is 18.3 Å². The fourth-order valence-electron chi connectivity index (χ4n) is 2.53. The molecule has 2 unspecified atom stereocenters. The normalized spacial score (nSPS) is 23.5. The van der Waals surface area contributed by atoms with Gasteiger partial charge in [-0.2, -0.15) is 0 Å². The van der Waals surface area contributed by atoms with Gasteiger partial charge in [0.15, 0.2) is 0 Å². The van der Waals surface area contributed by atoms with Crippen molar-refractivity contribution in [3.63, 3.8) is 0 Å². The first-order valence-corrected chi connectivity index (χ1v) is 7.05. The Bertz CT molecular complexity index is 367. The van der Waals surface area contributed by atoms with Gasteiger partial charge >= 0.3 is 0 Å². The quantitative estimate of drug-likeness (QED) is 0.799. The molecule has 0 saturated carbocycles. The van der Waals surface area contributed by atoms with Gasteiger partial charge in [-0.1, -0.05) is 6.07 Å². The molecule has 0 spiro atoms. The fraction of sp³-hybridized carbons (Fsp3) is 0.667. The van der Waals surface area contributed by atoms with Crippen LogP contribution in [0, 0.1) is 12.8 Å². The molecule has 2 rings (SSSR count). The van der Waals surface area contributed by atoms with Crippen LogP contribution in [-0.4, -0.2) is 38.4 Å². The highest BCUT2D eigenvalue weighted by Crippen LogP contribution is 2.32. The summed E-state index contributed by atoms with van der Waals surface area (Å²) in [7, 11) is 1.73. The minimum atomic E-state index is 0.178. The number of nitrogens with zero attached hydrogens (tertiary/aromatic N) is 1. The van der Waals surface area contributed by atoms with E-state index in [4.69, 9.17) is 9.47 Å². The van der Waals surface area contributed by atoms with E-state index < -0.39 is 0 Å². The minimum absolute atomic E-state index is 0.178. The largest absolute Gasteiger partial charge is 0.383 e. The van der Waals surface area contributed by atoms with Gasteiger partial charge in [-0.05, 0) is 31.4 Å². The van der Waals surface area contributed by atoms with E-state index in [0.29, 0.717) is 5.92 Å². The number of rotatable bonds is 6. The van der Waals surface area contributed by atoms with Crippen LogP contribution in [0.1, 0.15) is 30.2 Å². The van der Waals surface area contributed by atoms with E-state index in [1.165, 1.54) is 12.0 Å². The van der Waals surface area contributed by atoms with Crippen LogP contribution in [-0.2, 0) is 9.47 Å². The average Bonchev–Trinajstić information content (AvgIpc) is 2.45. The van der Waals surface area contributed by atoms with E-state index in [1.807, 2.05) is 13.1 Å². The highest BCUT2D eigenvalue weighted by atomic mass is 16.5. The average molecular weight is 264 g/mol. The molecule has 0 aliphatic carbocycles. The van der Waals surface area contributed by atoms with Crippen LogP contribution >= 0.6 is 0 Å². The van der Waals surface area contributed by atoms with Gasteiger partial charge in [-0.15, -0.1) is 0 Å². The van der Waals surface area contributed by atoms with E-state index >= 15 is 0 Å². The summed E-state index contributed by atoms with van der Waals surface area (Å²) in [4.78, 5) is 4.38. The van der Waals surface area contributed by atoms with Crippen LogP contribution in [0.25, 0.3) is 0 Å². The molecule has 19 heavy (non-hydrogen) atoms. The number of hydrogen-bond donors (Lipinski definition) is 1. The zero-order valence-corrected chi connectivity index (χ0v) is 11.9. The number of nitrogens with one attached hydrogen (secondary N) is 1. The third kappa shape index (κ3) is 4.27. The zero-order chi connectivity index (χ0) is 13.5. The lowest BCUT2D eigenvalue weighted by molar-refractivity contribution is -0.0282. The molecule has 4 nitrogen and oxygen atoms in total. The topological polar surface area (TPSA) is 43.4 Å². The van der Waals surface area contributed by atoms with Crippen LogP contribution in [0.4, 0.5) is 0 Å². The smallest absolute Gasteiger partial charge is 0.0880 e. The van der Waals surface area contributed by atoms with Gasteiger partial charge in [-0.3, -0.25) is 4.98 Å². The summed E-state index contributed by atoms with van der Waals surface area (Å²) in [6.45, 7) is 5.49. The molecule has 1 N–H and O–H groups in total. The fourth-order valence-corrected chi connectivity index (χ4v) is 2.53. The van der Waals surface area contributed by atoms with E-state index in [-0.39, 0.29) is 6.10 Å². The number of pyridine rings is 1. The van der Waals surface area contributed by atoms with Crippen molar-refractivity contribution in [3.8, 4) is 0 Å². The molecule has 2 heterocycles. The first-order valence-electron chi connectivity index (χ1n) is 7.05. The molecule has 1 aromatic rings. The Balaban J connectivity index is 1.93. The molecule has 1 fully saturated rings. The van der Waals surface area contributed by atoms with Gasteiger partial charge in [-0.25, -0.2) is 0 Å². The Morgan fingerprint density at radius 1 is 1.47 bits per heavy atom. The lowest BCUT2D eigenvalue weighted by Gasteiger charge is -2.32. The second-order valence-electron chi connectivity index (χ2n) is 5.12. The molecule has 1 saturated heterocycles. The molecule has 106 valence electrons. The van der Waals surface area contributed by atoms with Crippen molar-refractivity contribution in [1.82, 2.24) is 10.3 Å². The van der Waals surface area contributed by atoms with Crippen LogP contribution in [0.5, 0.6) is 0 Å². The Kier molecular flexibility index (Phi) is 5.76. The number of methoxy groups -OCH3 is 1. The third-order valence-electron chi connectivity index (χ3n) is 3.60. The summed E-state index contributed by atoms with van der Waals surface area (Å²) in [5.74, 6) is 0.523.